The van der Waals surface area contributed by atoms with Crippen LogP contribution < -0.4 is 0 Å². The molecule has 0 bridgehead atoms. The highest BCUT2D eigenvalue weighted by molar-refractivity contribution is 7.09. The number of nitrogens with zero attached hydrogens (tertiary/aromatic N) is 4. The largest absolute Gasteiger partial charge is 0.433 e. The second kappa shape index (κ2) is 7.64. The molecule has 0 atom stereocenters. The lowest BCUT2D eigenvalue weighted by Gasteiger charge is -2.38. The van der Waals surface area contributed by atoms with E-state index in [2.05, 4.69) is 9.97 Å². The highest BCUT2D eigenvalue weighted by atomic mass is 32.1. The van der Waals surface area contributed by atoms with Gasteiger partial charge >= 0.3 is 6.18 Å². The highest BCUT2D eigenvalue weighted by Crippen LogP contribution is 2.41. The van der Waals surface area contributed by atoms with Crippen molar-refractivity contribution in [1.29, 1.82) is 0 Å². The number of rotatable bonds is 3. The van der Waals surface area contributed by atoms with Gasteiger partial charge in [0.2, 0.25) is 5.91 Å². The zero-order valence-corrected chi connectivity index (χ0v) is 17.2. The van der Waals surface area contributed by atoms with E-state index in [-0.39, 0.29) is 16.9 Å². The first-order valence-corrected chi connectivity index (χ1v) is 10.5. The number of alkyl halides is 3. The Morgan fingerprint density at radius 1 is 1.30 bits per heavy atom. The predicted octanol–water partition coefficient (Wildman–Crippen LogP) is 3.52. The van der Waals surface area contributed by atoms with E-state index in [9.17, 15) is 22.8 Å². The summed E-state index contributed by atoms with van der Waals surface area (Å²) in [6.45, 7) is 3.87. The normalized spacial score (nSPS) is 19.0. The number of thiazole rings is 1. The molecule has 1 spiro atoms. The summed E-state index contributed by atoms with van der Waals surface area (Å²) in [5.74, 6) is -0.346. The number of amides is 2. The van der Waals surface area contributed by atoms with Gasteiger partial charge in [-0.05, 0) is 31.9 Å². The molecule has 2 aliphatic rings. The number of hydrogen-bond donors (Lipinski definition) is 0. The minimum Gasteiger partial charge on any atom is -0.339 e. The van der Waals surface area contributed by atoms with E-state index >= 15 is 0 Å². The number of aryl methyl sites for hydroxylation is 1. The van der Waals surface area contributed by atoms with Crippen molar-refractivity contribution in [3.8, 4) is 0 Å². The van der Waals surface area contributed by atoms with Crippen LogP contribution in [0.2, 0.25) is 0 Å². The zero-order chi connectivity index (χ0) is 21.5. The van der Waals surface area contributed by atoms with Crippen molar-refractivity contribution in [2.75, 3.05) is 19.6 Å². The fourth-order valence-electron chi connectivity index (χ4n) is 4.22. The first-order chi connectivity index (χ1) is 14.2. The minimum atomic E-state index is -4.59. The van der Waals surface area contributed by atoms with Gasteiger partial charge in [-0.3, -0.25) is 14.6 Å². The van der Waals surface area contributed by atoms with Gasteiger partial charge < -0.3 is 9.80 Å². The van der Waals surface area contributed by atoms with Crippen molar-refractivity contribution in [2.45, 2.75) is 38.9 Å². The highest BCUT2D eigenvalue weighted by Gasteiger charge is 2.45. The van der Waals surface area contributed by atoms with Crippen LogP contribution in [-0.2, 0) is 17.5 Å². The van der Waals surface area contributed by atoms with Crippen molar-refractivity contribution in [2.24, 2.45) is 5.41 Å². The van der Waals surface area contributed by atoms with Crippen LogP contribution in [0.1, 0.15) is 46.0 Å². The first kappa shape index (κ1) is 20.8. The second-order valence-electron chi connectivity index (χ2n) is 8.00. The maximum Gasteiger partial charge on any atom is 0.433 e. The van der Waals surface area contributed by atoms with Crippen LogP contribution in [0.3, 0.4) is 0 Å². The SMILES string of the molecule is Cc1nc(CN2CC3(CCN(C(=O)c4ccnc(C(F)(F)F)c4)CC3)CC2=O)cs1. The standard InChI is InChI=1S/C20H21F3N4O2S/c1-13-25-15(11-30-13)10-27-12-19(9-17(27)28)3-6-26(7-4-19)18(29)14-2-5-24-16(8-14)20(21,22)23/h2,5,8,11H,3-4,6-7,9-10,12H2,1H3. The Balaban J connectivity index is 1.39. The number of likely N-dealkylation sites (tertiary alicyclic amines) is 2. The van der Waals surface area contributed by atoms with Gasteiger partial charge in [0.1, 0.15) is 5.69 Å². The van der Waals surface area contributed by atoms with Crippen LogP contribution in [0.4, 0.5) is 13.2 Å². The number of aromatic nitrogens is 2. The molecule has 2 aromatic rings. The van der Waals surface area contributed by atoms with E-state index in [1.165, 1.54) is 6.07 Å². The van der Waals surface area contributed by atoms with Gasteiger partial charge in [0, 0.05) is 48.6 Å². The van der Waals surface area contributed by atoms with E-state index in [1.807, 2.05) is 17.2 Å². The summed E-state index contributed by atoms with van der Waals surface area (Å²) in [6, 6.07) is 2.10. The Labute approximate surface area is 175 Å². The third kappa shape index (κ3) is 4.19. The van der Waals surface area contributed by atoms with Gasteiger partial charge in [0.25, 0.3) is 5.91 Å². The summed E-state index contributed by atoms with van der Waals surface area (Å²) < 4.78 is 38.6. The molecular weight excluding hydrogens is 417 g/mol. The number of carbonyl (C=O) groups is 2. The molecule has 0 unspecified atom stereocenters. The van der Waals surface area contributed by atoms with Crippen molar-refractivity contribution in [3.05, 3.63) is 45.7 Å². The molecule has 4 heterocycles. The second-order valence-corrected chi connectivity index (χ2v) is 9.07. The Bertz CT molecular complexity index is 967. The zero-order valence-electron chi connectivity index (χ0n) is 16.4. The molecule has 4 rings (SSSR count). The summed E-state index contributed by atoms with van der Waals surface area (Å²) in [7, 11) is 0. The topological polar surface area (TPSA) is 66.4 Å². The molecule has 160 valence electrons. The third-order valence-corrected chi connectivity index (χ3v) is 6.66. The summed E-state index contributed by atoms with van der Waals surface area (Å²) in [5, 5.41) is 2.92. The van der Waals surface area contributed by atoms with Crippen LogP contribution in [-0.4, -0.2) is 51.2 Å². The lowest BCUT2D eigenvalue weighted by atomic mass is 9.77. The smallest absolute Gasteiger partial charge is 0.339 e. The van der Waals surface area contributed by atoms with Gasteiger partial charge in [-0.25, -0.2) is 4.98 Å². The van der Waals surface area contributed by atoms with Gasteiger partial charge in [-0.2, -0.15) is 13.2 Å². The van der Waals surface area contributed by atoms with Gasteiger partial charge in [0.05, 0.1) is 17.2 Å². The maximum absolute atomic E-state index is 12.9. The number of pyridine rings is 1. The average Bonchev–Trinajstić information content (AvgIpc) is 3.24. The van der Waals surface area contributed by atoms with Crippen LogP contribution in [0.15, 0.2) is 23.7 Å². The molecular formula is C20H21F3N4O2S. The lowest BCUT2D eigenvalue weighted by Crippen LogP contribution is -2.44. The Hall–Kier alpha value is -2.49. The average molecular weight is 438 g/mol. The first-order valence-electron chi connectivity index (χ1n) is 9.67. The minimum absolute atomic E-state index is 0.0173. The molecule has 2 aliphatic heterocycles. The van der Waals surface area contributed by atoms with Gasteiger partial charge in [-0.1, -0.05) is 0 Å². The molecule has 2 fully saturated rings. The molecule has 0 saturated carbocycles. The van der Waals surface area contributed by atoms with Gasteiger partial charge in [-0.15, -0.1) is 11.3 Å². The Morgan fingerprint density at radius 2 is 2.03 bits per heavy atom. The molecule has 2 amide bonds. The van der Waals surface area contributed by atoms with Crippen molar-refractivity contribution in [1.82, 2.24) is 19.8 Å². The molecule has 0 N–H and O–H groups in total. The summed E-state index contributed by atoms with van der Waals surface area (Å²) >= 11 is 1.55. The maximum atomic E-state index is 12.9. The molecule has 0 aliphatic carbocycles. The number of halogens is 3. The van der Waals surface area contributed by atoms with E-state index in [1.54, 1.807) is 16.2 Å². The molecule has 0 radical (unpaired) electrons. The quantitative estimate of drug-likeness (QED) is 0.736. The fraction of sp³-hybridized carbons (Fsp3) is 0.500. The van der Waals surface area contributed by atoms with Crippen LogP contribution in [0.25, 0.3) is 0 Å². The monoisotopic (exact) mass is 438 g/mol. The van der Waals surface area contributed by atoms with Gasteiger partial charge in [0.15, 0.2) is 0 Å². The summed E-state index contributed by atoms with van der Waals surface area (Å²) in [5.41, 5.74) is -0.394. The fourth-order valence-corrected chi connectivity index (χ4v) is 4.83. The van der Waals surface area contributed by atoms with Crippen LogP contribution in [0.5, 0.6) is 0 Å². The number of piperidine rings is 1. The van der Waals surface area contributed by atoms with Crippen LogP contribution in [0, 0.1) is 12.3 Å². The van der Waals surface area contributed by atoms with Crippen molar-refractivity contribution >= 4 is 23.2 Å². The van der Waals surface area contributed by atoms with E-state index < -0.39 is 17.8 Å². The van der Waals surface area contributed by atoms with Crippen LogP contribution >= 0.6 is 11.3 Å². The predicted molar refractivity (Wildman–Crippen MR) is 104 cm³/mol. The number of hydrogen-bond acceptors (Lipinski definition) is 5. The summed E-state index contributed by atoms with van der Waals surface area (Å²) in [4.78, 5) is 36.4. The molecule has 2 saturated heterocycles. The Morgan fingerprint density at radius 3 is 2.67 bits per heavy atom. The van der Waals surface area contributed by atoms with Crippen molar-refractivity contribution in [3.63, 3.8) is 0 Å². The third-order valence-electron chi connectivity index (χ3n) is 5.83. The molecule has 30 heavy (non-hydrogen) atoms. The Kier molecular flexibility index (Phi) is 5.29. The molecule has 2 aromatic heterocycles. The van der Waals surface area contributed by atoms with E-state index in [0.717, 1.165) is 23.0 Å². The number of carbonyl (C=O) groups excluding carboxylic acids is 2. The molecule has 0 aromatic carbocycles. The van der Waals surface area contributed by atoms with Crippen molar-refractivity contribution < 1.29 is 22.8 Å². The lowest BCUT2D eigenvalue weighted by molar-refractivity contribution is -0.141. The molecule has 10 heteroatoms. The van der Waals surface area contributed by atoms with E-state index in [4.69, 9.17) is 0 Å². The molecule has 6 nitrogen and oxygen atoms in total. The summed E-state index contributed by atoms with van der Waals surface area (Å²) in [6.07, 6.45) is -1.85. The van der Waals surface area contributed by atoms with E-state index in [0.29, 0.717) is 45.4 Å².